The Morgan fingerprint density at radius 1 is 1.45 bits per heavy atom. The van der Waals surface area contributed by atoms with Crippen molar-refractivity contribution in [1.82, 2.24) is 15.3 Å². The standard InChI is InChI=1S/C14H24N4O.ClH/c15-12(10-11-4-2-1-3-5-11)14(19)18-7-6-13-16-8-9-17-13;/h8-9,11-12H,1-7,10,15H2,(H,16,17)(H,18,19);1H. The number of aromatic nitrogens is 2. The summed E-state index contributed by atoms with van der Waals surface area (Å²) in [5.74, 6) is 1.50. The summed E-state index contributed by atoms with van der Waals surface area (Å²) in [6.45, 7) is 0.588. The molecule has 0 bridgehead atoms. The van der Waals surface area contributed by atoms with Crippen molar-refractivity contribution in [3.05, 3.63) is 18.2 Å². The van der Waals surface area contributed by atoms with E-state index in [1.54, 1.807) is 12.4 Å². The minimum absolute atomic E-state index is 0. The van der Waals surface area contributed by atoms with Gasteiger partial charge in [0.25, 0.3) is 0 Å². The SMILES string of the molecule is Cl.NC(CC1CCCCC1)C(=O)NCCc1ncc[nH]1. The van der Waals surface area contributed by atoms with E-state index in [4.69, 9.17) is 5.73 Å². The lowest BCUT2D eigenvalue weighted by molar-refractivity contribution is -0.122. The molecule has 1 aromatic heterocycles. The molecule has 1 heterocycles. The molecule has 1 aliphatic rings. The molecule has 1 aliphatic carbocycles. The van der Waals surface area contributed by atoms with Gasteiger partial charge in [0, 0.05) is 25.4 Å². The van der Waals surface area contributed by atoms with E-state index >= 15 is 0 Å². The number of H-pyrrole nitrogens is 1. The molecule has 114 valence electrons. The van der Waals surface area contributed by atoms with Crippen LogP contribution in [0, 0.1) is 5.92 Å². The largest absolute Gasteiger partial charge is 0.354 e. The molecule has 5 nitrogen and oxygen atoms in total. The second-order valence-electron chi connectivity index (χ2n) is 5.42. The molecule has 0 aromatic carbocycles. The van der Waals surface area contributed by atoms with Gasteiger partial charge in [-0.15, -0.1) is 12.4 Å². The van der Waals surface area contributed by atoms with Gasteiger partial charge in [0.1, 0.15) is 5.82 Å². The second-order valence-corrected chi connectivity index (χ2v) is 5.42. The van der Waals surface area contributed by atoms with Crippen LogP contribution in [0.3, 0.4) is 0 Å². The summed E-state index contributed by atoms with van der Waals surface area (Å²) in [6, 6.07) is -0.361. The van der Waals surface area contributed by atoms with Crippen molar-refractivity contribution in [2.75, 3.05) is 6.54 Å². The third-order valence-corrected chi connectivity index (χ3v) is 3.86. The van der Waals surface area contributed by atoms with E-state index < -0.39 is 0 Å². The highest BCUT2D eigenvalue weighted by Crippen LogP contribution is 2.26. The normalized spacial score (nSPS) is 17.2. The van der Waals surface area contributed by atoms with Crippen LogP contribution < -0.4 is 11.1 Å². The third-order valence-electron chi connectivity index (χ3n) is 3.86. The highest BCUT2D eigenvalue weighted by molar-refractivity contribution is 5.85. The van der Waals surface area contributed by atoms with Crippen molar-refractivity contribution < 1.29 is 4.79 Å². The molecular formula is C14H25ClN4O. The molecule has 1 fully saturated rings. The van der Waals surface area contributed by atoms with E-state index in [0.29, 0.717) is 12.5 Å². The molecule has 0 aliphatic heterocycles. The topological polar surface area (TPSA) is 83.8 Å². The fourth-order valence-corrected chi connectivity index (χ4v) is 2.76. The number of rotatable bonds is 6. The second kappa shape index (κ2) is 8.97. The number of nitrogens with one attached hydrogen (secondary N) is 2. The fraction of sp³-hybridized carbons (Fsp3) is 0.714. The van der Waals surface area contributed by atoms with Gasteiger partial charge < -0.3 is 16.0 Å². The minimum atomic E-state index is -0.361. The molecule has 6 heteroatoms. The van der Waals surface area contributed by atoms with Gasteiger partial charge in [-0.05, 0) is 12.3 Å². The van der Waals surface area contributed by atoms with Crippen LogP contribution in [0.5, 0.6) is 0 Å². The molecule has 1 amide bonds. The van der Waals surface area contributed by atoms with Crippen LogP contribution in [-0.2, 0) is 11.2 Å². The first-order chi connectivity index (χ1) is 9.25. The summed E-state index contributed by atoms with van der Waals surface area (Å²) >= 11 is 0. The Bertz CT molecular complexity index is 377. The highest BCUT2D eigenvalue weighted by Gasteiger charge is 2.20. The van der Waals surface area contributed by atoms with Crippen LogP contribution in [0.4, 0.5) is 0 Å². The highest BCUT2D eigenvalue weighted by atomic mass is 35.5. The first kappa shape index (κ1) is 17.0. The summed E-state index contributed by atoms with van der Waals surface area (Å²) in [5, 5.41) is 2.89. The average molecular weight is 301 g/mol. The molecule has 1 atom stereocenters. The van der Waals surface area contributed by atoms with E-state index in [2.05, 4.69) is 15.3 Å². The number of nitrogens with zero attached hydrogens (tertiary/aromatic N) is 1. The first-order valence-corrected chi connectivity index (χ1v) is 7.27. The van der Waals surface area contributed by atoms with Crippen molar-refractivity contribution in [2.45, 2.75) is 51.0 Å². The number of hydrogen-bond donors (Lipinski definition) is 3. The molecule has 1 saturated carbocycles. The summed E-state index contributed by atoms with van der Waals surface area (Å²) in [6.07, 6.45) is 11.4. The number of nitrogens with two attached hydrogens (primary N) is 1. The van der Waals surface area contributed by atoms with Gasteiger partial charge in [-0.2, -0.15) is 0 Å². The molecule has 0 spiro atoms. The number of amides is 1. The summed E-state index contributed by atoms with van der Waals surface area (Å²) in [5.41, 5.74) is 5.97. The quantitative estimate of drug-likeness (QED) is 0.749. The lowest BCUT2D eigenvalue weighted by Gasteiger charge is -2.24. The number of carbonyl (C=O) groups excluding carboxylic acids is 1. The van der Waals surface area contributed by atoms with Crippen LogP contribution in [-0.4, -0.2) is 28.5 Å². The summed E-state index contributed by atoms with van der Waals surface area (Å²) in [7, 11) is 0. The Balaban J connectivity index is 0.00000200. The monoisotopic (exact) mass is 300 g/mol. The van der Waals surface area contributed by atoms with Gasteiger partial charge in [0.2, 0.25) is 5.91 Å². The van der Waals surface area contributed by atoms with Crippen LogP contribution in [0.2, 0.25) is 0 Å². The van der Waals surface area contributed by atoms with Crippen molar-refractivity contribution in [2.24, 2.45) is 11.7 Å². The van der Waals surface area contributed by atoms with Crippen LogP contribution in [0.25, 0.3) is 0 Å². The van der Waals surface area contributed by atoms with E-state index in [1.807, 2.05) is 0 Å². The van der Waals surface area contributed by atoms with E-state index in [9.17, 15) is 4.79 Å². The molecule has 1 unspecified atom stereocenters. The Morgan fingerprint density at radius 2 is 2.20 bits per heavy atom. The third kappa shape index (κ3) is 5.51. The van der Waals surface area contributed by atoms with Gasteiger partial charge in [-0.25, -0.2) is 4.98 Å². The minimum Gasteiger partial charge on any atom is -0.354 e. The maximum absolute atomic E-state index is 11.9. The molecule has 2 rings (SSSR count). The number of aromatic amines is 1. The van der Waals surface area contributed by atoms with Gasteiger partial charge >= 0.3 is 0 Å². The van der Waals surface area contributed by atoms with Gasteiger partial charge in [0.15, 0.2) is 0 Å². The fourth-order valence-electron chi connectivity index (χ4n) is 2.76. The number of carbonyl (C=O) groups is 1. The Morgan fingerprint density at radius 3 is 2.85 bits per heavy atom. The van der Waals surface area contributed by atoms with Gasteiger partial charge in [0.05, 0.1) is 6.04 Å². The van der Waals surface area contributed by atoms with Crippen molar-refractivity contribution in [3.8, 4) is 0 Å². The molecular weight excluding hydrogens is 276 g/mol. The smallest absolute Gasteiger partial charge is 0.236 e. The number of imidazole rings is 1. The van der Waals surface area contributed by atoms with Crippen molar-refractivity contribution >= 4 is 18.3 Å². The molecule has 0 radical (unpaired) electrons. The van der Waals surface area contributed by atoms with E-state index in [-0.39, 0.29) is 24.4 Å². The Kier molecular flexibility index (Phi) is 7.62. The summed E-state index contributed by atoms with van der Waals surface area (Å²) < 4.78 is 0. The Hall–Kier alpha value is -1.07. The zero-order valence-electron chi connectivity index (χ0n) is 11.8. The average Bonchev–Trinajstić information content (AvgIpc) is 2.93. The lowest BCUT2D eigenvalue weighted by Crippen LogP contribution is -2.42. The van der Waals surface area contributed by atoms with Crippen molar-refractivity contribution in [1.29, 1.82) is 0 Å². The van der Waals surface area contributed by atoms with Crippen LogP contribution >= 0.6 is 12.4 Å². The van der Waals surface area contributed by atoms with Crippen molar-refractivity contribution in [3.63, 3.8) is 0 Å². The predicted octanol–water partition coefficient (Wildman–Crippen LogP) is 1.79. The maximum atomic E-state index is 11.9. The lowest BCUT2D eigenvalue weighted by atomic mass is 9.85. The molecule has 4 N–H and O–H groups in total. The Labute approximate surface area is 126 Å². The van der Waals surface area contributed by atoms with Crippen LogP contribution in [0.1, 0.15) is 44.3 Å². The van der Waals surface area contributed by atoms with Gasteiger partial charge in [-0.3, -0.25) is 4.79 Å². The number of halogens is 1. The molecule has 20 heavy (non-hydrogen) atoms. The van der Waals surface area contributed by atoms with Crippen LogP contribution in [0.15, 0.2) is 12.4 Å². The predicted molar refractivity (Wildman–Crippen MR) is 81.7 cm³/mol. The zero-order chi connectivity index (χ0) is 13.5. The van der Waals surface area contributed by atoms with E-state index in [1.165, 1.54) is 32.1 Å². The summed E-state index contributed by atoms with van der Waals surface area (Å²) in [4.78, 5) is 19.0. The molecule has 1 aromatic rings. The first-order valence-electron chi connectivity index (χ1n) is 7.27. The van der Waals surface area contributed by atoms with E-state index in [0.717, 1.165) is 18.7 Å². The zero-order valence-corrected chi connectivity index (χ0v) is 12.6. The van der Waals surface area contributed by atoms with Gasteiger partial charge in [-0.1, -0.05) is 32.1 Å². The number of hydrogen-bond acceptors (Lipinski definition) is 3. The molecule has 0 saturated heterocycles. The maximum Gasteiger partial charge on any atom is 0.236 e.